The number of carbonyl (C=O) groups excluding carboxylic acids is 1. The molecule has 110 valence electrons. The van der Waals surface area contributed by atoms with Crippen molar-refractivity contribution in [3.63, 3.8) is 0 Å². The van der Waals surface area contributed by atoms with Crippen molar-refractivity contribution < 1.29 is 13.6 Å². The molecule has 1 atom stereocenters. The highest BCUT2D eigenvalue weighted by molar-refractivity contribution is 6.30. The van der Waals surface area contributed by atoms with E-state index >= 15 is 0 Å². The lowest BCUT2D eigenvalue weighted by Crippen LogP contribution is -2.29. The quantitative estimate of drug-likeness (QED) is 0.911. The average Bonchev–Trinajstić information content (AvgIpc) is 2.42. The lowest BCUT2D eigenvalue weighted by molar-refractivity contribution is -0.119. The van der Waals surface area contributed by atoms with Gasteiger partial charge in [-0.3, -0.25) is 4.79 Å². The monoisotopic (exact) mass is 310 g/mol. The largest absolute Gasteiger partial charge is 0.368 e. The molecule has 0 saturated carbocycles. The van der Waals surface area contributed by atoms with Crippen LogP contribution < -0.4 is 11.5 Å². The normalized spacial score (nSPS) is 12.2. The Kier molecular flexibility index (Phi) is 4.55. The molecule has 0 aromatic heterocycles. The zero-order valence-electron chi connectivity index (χ0n) is 10.9. The zero-order valence-corrected chi connectivity index (χ0v) is 11.7. The second kappa shape index (κ2) is 6.20. The summed E-state index contributed by atoms with van der Waals surface area (Å²) in [5, 5.41) is 0.377. The summed E-state index contributed by atoms with van der Waals surface area (Å²) in [4.78, 5) is 11.2. The Balaban J connectivity index is 2.48. The fraction of sp³-hybridized carbons (Fsp3) is 0.133. The van der Waals surface area contributed by atoms with Crippen molar-refractivity contribution in [1.82, 2.24) is 0 Å². The fourth-order valence-electron chi connectivity index (χ4n) is 2.08. The number of rotatable bonds is 4. The summed E-state index contributed by atoms with van der Waals surface area (Å²) < 4.78 is 27.5. The second-order valence-corrected chi connectivity index (χ2v) is 5.04. The van der Waals surface area contributed by atoms with E-state index in [0.29, 0.717) is 16.1 Å². The zero-order chi connectivity index (χ0) is 15.6. The van der Waals surface area contributed by atoms with E-state index in [9.17, 15) is 13.6 Å². The van der Waals surface area contributed by atoms with Gasteiger partial charge in [-0.1, -0.05) is 23.7 Å². The average molecular weight is 311 g/mol. The van der Waals surface area contributed by atoms with Gasteiger partial charge < -0.3 is 11.5 Å². The van der Waals surface area contributed by atoms with Crippen molar-refractivity contribution >= 4 is 17.5 Å². The van der Waals surface area contributed by atoms with Crippen molar-refractivity contribution in [3.8, 4) is 0 Å². The van der Waals surface area contributed by atoms with Crippen LogP contribution >= 0.6 is 11.6 Å². The van der Waals surface area contributed by atoms with E-state index in [1.165, 1.54) is 18.2 Å². The van der Waals surface area contributed by atoms with Crippen LogP contribution in [0.3, 0.4) is 0 Å². The predicted octanol–water partition coefficient (Wildman–Crippen LogP) is 2.69. The first-order valence-electron chi connectivity index (χ1n) is 6.16. The van der Waals surface area contributed by atoms with Gasteiger partial charge in [0, 0.05) is 17.0 Å². The van der Waals surface area contributed by atoms with E-state index in [0.717, 1.165) is 12.1 Å². The number of benzene rings is 2. The summed E-state index contributed by atoms with van der Waals surface area (Å²) in [6.07, 6.45) is -0.0740. The van der Waals surface area contributed by atoms with Gasteiger partial charge in [-0.25, -0.2) is 8.78 Å². The van der Waals surface area contributed by atoms with Crippen molar-refractivity contribution in [1.29, 1.82) is 0 Å². The van der Waals surface area contributed by atoms with E-state index < -0.39 is 23.6 Å². The Morgan fingerprint density at radius 1 is 1.19 bits per heavy atom. The van der Waals surface area contributed by atoms with E-state index in [2.05, 4.69) is 0 Å². The number of hydrogen-bond acceptors (Lipinski definition) is 2. The third kappa shape index (κ3) is 3.37. The molecule has 3 nitrogen and oxygen atoms in total. The van der Waals surface area contributed by atoms with Crippen LogP contribution in [0.25, 0.3) is 0 Å². The Hall–Kier alpha value is -1.98. The summed E-state index contributed by atoms with van der Waals surface area (Å²) in [5.41, 5.74) is 11.6. The maximum atomic E-state index is 13.7. The molecule has 6 heteroatoms. The third-order valence-corrected chi connectivity index (χ3v) is 3.41. The molecule has 2 aromatic carbocycles. The second-order valence-electron chi connectivity index (χ2n) is 4.60. The Morgan fingerprint density at radius 3 is 2.38 bits per heavy atom. The molecule has 0 spiro atoms. The molecule has 21 heavy (non-hydrogen) atoms. The molecule has 0 heterocycles. The van der Waals surface area contributed by atoms with Gasteiger partial charge in [-0.05, 0) is 35.4 Å². The standard InChI is InChI=1S/C15H13ClF2N2O/c16-9-4-5-10(14(19)15(20)21)8(6-9)7-11-12(17)2-1-3-13(11)18/h1-6,14H,7,19H2,(H2,20,21). The van der Waals surface area contributed by atoms with Gasteiger partial charge in [0.05, 0.1) is 0 Å². The van der Waals surface area contributed by atoms with Gasteiger partial charge in [-0.15, -0.1) is 0 Å². The van der Waals surface area contributed by atoms with E-state index in [1.807, 2.05) is 0 Å². The number of nitrogens with two attached hydrogens (primary N) is 2. The summed E-state index contributed by atoms with van der Waals surface area (Å²) in [6.45, 7) is 0. The summed E-state index contributed by atoms with van der Waals surface area (Å²) in [6, 6.07) is 7.14. The molecule has 2 rings (SSSR count). The van der Waals surface area contributed by atoms with Gasteiger partial charge in [-0.2, -0.15) is 0 Å². The smallest absolute Gasteiger partial charge is 0.238 e. The van der Waals surface area contributed by atoms with Crippen molar-refractivity contribution in [2.75, 3.05) is 0 Å². The molecule has 1 amide bonds. The molecule has 1 unspecified atom stereocenters. The van der Waals surface area contributed by atoms with E-state index in [-0.39, 0.29) is 12.0 Å². The number of carbonyl (C=O) groups is 1. The number of hydrogen-bond donors (Lipinski definition) is 2. The number of amides is 1. The lowest BCUT2D eigenvalue weighted by Gasteiger charge is -2.15. The maximum Gasteiger partial charge on any atom is 0.238 e. The van der Waals surface area contributed by atoms with Crippen LogP contribution in [-0.2, 0) is 11.2 Å². The molecule has 0 bridgehead atoms. The Bertz CT molecular complexity index is 671. The van der Waals surface area contributed by atoms with E-state index in [1.54, 1.807) is 6.07 Å². The summed E-state index contributed by atoms with van der Waals surface area (Å²) in [7, 11) is 0. The molecular weight excluding hydrogens is 298 g/mol. The molecule has 0 radical (unpaired) electrons. The summed E-state index contributed by atoms with van der Waals surface area (Å²) in [5.74, 6) is -2.07. The minimum atomic E-state index is -1.06. The van der Waals surface area contributed by atoms with Gasteiger partial charge >= 0.3 is 0 Å². The fourth-order valence-corrected chi connectivity index (χ4v) is 2.27. The molecule has 0 saturated heterocycles. The van der Waals surface area contributed by atoms with Crippen molar-refractivity contribution in [2.24, 2.45) is 11.5 Å². The molecule has 0 aliphatic rings. The highest BCUT2D eigenvalue weighted by Crippen LogP contribution is 2.25. The van der Waals surface area contributed by atoms with Crippen molar-refractivity contribution in [3.05, 3.63) is 69.7 Å². The topological polar surface area (TPSA) is 69.1 Å². The Morgan fingerprint density at radius 2 is 1.81 bits per heavy atom. The predicted molar refractivity (Wildman–Crippen MR) is 76.7 cm³/mol. The molecule has 0 aliphatic carbocycles. The number of halogens is 3. The van der Waals surface area contributed by atoms with Crippen LogP contribution in [0.5, 0.6) is 0 Å². The lowest BCUT2D eigenvalue weighted by atomic mass is 9.95. The first-order chi connectivity index (χ1) is 9.90. The third-order valence-electron chi connectivity index (χ3n) is 3.18. The number of primary amides is 1. The molecule has 4 N–H and O–H groups in total. The molecule has 2 aromatic rings. The van der Waals surface area contributed by atoms with Crippen LogP contribution in [-0.4, -0.2) is 5.91 Å². The van der Waals surface area contributed by atoms with Crippen molar-refractivity contribution in [2.45, 2.75) is 12.5 Å². The highest BCUT2D eigenvalue weighted by Gasteiger charge is 2.19. The SMILES string of the molecule is NC(=O)C(N)c1ccc(Cl)cc1Cc1c(F)cccc1F. The molecule has 0 aliphatic heterocycles. The van der Waals surface area contributed by atoms with Gasteiger partial charge in [0.15, 0.2) is 0 Å². The van der Waals surface area contributed by atoms with Gasteiger partial charge in [0.25, 0.3) is 0 Å². The van der Waals surface area contributed by atoms with Crippen LogP contribution in [0.2, 0.25) is 5.02 Å². The van der Waals surface area contributed by atoms with Crippen LogP contribution in [0.4, 0.5) is 8.78 Å². The van der Waals surface area contributed by atoms with Gasteiger partial charge in [0.1, 0.15) is 17.7 Å². The maximum absolute atomic E-state index is 13.7. The first-order valence-corrected chi connectivity index (χ1v) is 6.54. The minimum absolute atomic E-state index is 0.0740. The van der Waals surface area contributed by atoms with E-state index in [4.69, 9.17) is 23.1 Å². The Labute approximate surface area is 125 Å². The molecular formula is C15H13ClF2N2O. The first kappa shape index (κ1) is 15.4. The van der Waals surface area contributed by atoms with Crippen LogP contribution in [0.15, 0.2) is 36.4 Å². The van der Waals surface area contributed by atoms with Gasteiger partial charge in [0.2, 0.25) is 5.91 Å². The molecule has 0 fully saturated rings. The summed E-state index contributed by atoms with van der Waals surface area (Å²) >= 11 is 5.90. The van der Waals surface area contributed by atoms with Crippen LogP contribution in [0, 0.1) is 11.6 Å². The highest BCUT2D eigenvalue weighted by atomic mass is 35.5. The minimum Gasteiger partial charge on any atom is -0.368 e. The van der Waals surface area contributed by atoms with Crippen LogP contribution in [0.1, 0.15) is 22.7 Å².